The highest BCUT2D eigenvalue weighted by Gasteiger charge is 2.61. The number of hydrogen-bond acceptors (Lipinski definition) is 8. The lowest BCUT2D eigenvalue weighted by Crippen LogP contribution is -2.56. The fourth-order valence-electron chi connectivity index (χ4n) is 7.11. The zero-order valence-corrected chi connectivity index (χ0v) is 22.4. The lowest BCUT2D eigenvalue weighted by atomic mass is 9.61. The molecule has 1 aliphatic carbocycles. The number of furan rings is 1. The van der Waals surface area contributed by atoms with Gasteiger partial charge in [-0.3, -0.25) is 0 Å². The maximum Gasteiger partial charge on any atom is 0.285 e. The van der Waals surface area contributed by atoms with Crippen LogP contribution in [-0.2, 0) is 5.79 Å². The summed E-state index contributed by atoms with van der Waals surface area (Å²) in [5.41, 5.74) is 3.98. The van der Waals surface area contributed by atoms with Crippen LogP contribution in [0.5, 0.6) is 40.2 Å². The summed E-state index contributed by atoms with van der Waals surface area (Å²) in [6, 6.07) is 19.4. The van der Waals surface area contributed by atoms with Crippen LogP contribution < -0.4 is 9.47 Å². The van der Waals surface area contributed by atoms with Gasteiger partial charge in [0.15, 0.2) is 0 Å². The lowest BCUT2D eigenvalue weighted by Gasteiger charge is -2.55. The summed E-state index contributed by atoms with van der Waals surface area (Å²) in [6.07, 6.45) is 2.80. The van der Waals surface area contributed by atoms with Crippen LogP contribution in [0.3, 0.4) is 0 Å². The summed E-state index contributed by atoms with van der Waals surface area (Å²) >= 11 is 0. The Bertz CT molecular complexity index is 1970. The molecule has 3 aliphatic rings. The number of rotatable bonds is 2. The summed E-state index contributed by atoms with van der Waals surface area (Å²) < 4.78 is 19.5. The minimum atomic E-state index is -1.57. The Morgan fingerprint density at radius 3 is 2.31 bits per heavy atom. The second-order valence-electron chi connectivity index (χ2n) is 11.4. The van der Waals surface area contributed by atoms with Gasteiger partial charge in [-0.05, 0) is 67.4 Å². The molecule has 42 heavy (non-hydrogen) atoms. The van der Waals surface area contributed by atoms with Crippen LogP contribution in [0, 0.1) is 5.92 Å². The van der Waals surface area contributed by atoms with Crippen molar-refractivity contribution in [1.82, 2.24) is 0 Å². The Morgan fingerprint density at radius 2 is 1.48 bits per heavy atom. The molecule has 0 fully saturated rings. The number of hydrogen-bond donors (Lipinski definition) is 5. The maximum atomic E-state index is 11.5. The van der Waals surface area contributed by atoms with Crippen LogP contribution in [-0.4, -0.2) is 25.5 Å². The minimum Gasteiger partial charge on any atom is -0.508 e. The van der Waals surface area contributed by atoms with E-state index in [-0.39, 0.29) is 40.6 Å². The van der Waals surface area contributed by atoms with Gasteiger partial charge in [0.25, 0.3) is 5.79 Å². The summed E-state index contributed by atoms with van der Waals surface area (Å²) in [6.45, 7) is 2.05. The van der Waals surface area contributed by atoms with Crippen molar-refractivity contribution in [2.24, 2.45) is 5.92 Å². The Kier molecular flexibility index (Phi) is 4.90. The van der Waals surface area contributed by atoms with Gasteiger partial charge in [-0.2, -0.15) is 0 Å². The fourth-order valence-corrected chi connectivity index (χ4v) is 7.11. The Balaban J connectivity index is 1.38. The van der Waals surface area contributed by atoms with Gasteiger partial charge in [0.05, 0.1) is 11.5 Å². The summed E-state index contributed by atoms with van der Waals surface area (Å²) in [5.74, 6) is -1.40. The van der Waals surface area contributed by atoms with Crippen molar-refractivity contribution in [2.75, 3.05) is 0 Å². The van der Waals surface area contributed by atoms with Crippen LogP contribution in [0.25, 0.3) is 22.3 Å². The van der Waals surface area contributed by atoms with Gasteiger partial charge >= 0.3 is 0 Å². The van der Waals surface area contributed by atoms with E-state index in [1.807, 2.05) is 12.1 Å². The Morgan fingerprint density at radius 1 is 0.738 bits per heavy atom. The molecule has 0 spiro atoms. The highest BCUT2D eigenvalue weighted by molar-refractivity contribution is 5.84. The van der Waals surface area contributed by atoms with Crippen LogP contribution >= 0.6 is 0 Å². The maximum absolute atomic E-state index is 11.5. The quantitative estimate of drug-likeness (QED) is 0.144. The predicted molar refractivity (Wildman–Crippen MR) is 153 cm³/mol. The third-order valence-corrected chi connectivity index (χ3v) is 8.78. The number of phenolic OH excluding ortho intramolecular Hbond substituents is 5. The SMILES string of the molecule is CC1=C[C@H]2c3c(O)cc(-c4cc5ccc(O)cc5o4)cc3O[C@]3(c4ccc(O)cc4O)Oc4cc(O)ccc4[C@H](C1)[C@@H]23. The molecule has 0 amide bonds. The smallest absolute Gasteiger partial charge is 0.285 e. The third-order valence-electron chi connectivity index (χ3n) is 8.78. The van der Waals surface area contributed by atoms with Gasteiger partial charge in [0, 0.05) is 46.5 Å². The molecular formula is C34H26O8. The van der Waals surface area contributed by atoms with E-state index in [1.54, 1.807) is 42.5 Å². The van der Waals surface area contributed by atoms with E-state index >= 15 is 0 Å². The van der Waals surface area contributed by atoms with Crippen LogP contribution in [0.15, 0.2) is 88.9 Å². The number of fused-ring (bicyclic) bond motifs is 5. The largest absolute Gasteiger partial charge is 0.508 e. The third kappa shape index (κ3) is 3.41. The number of allylic oxidation sites excluding steroid dienone is 2. The molecule has 210 valence electrons. The van der Waals surface area contributed by atoms with E-state index in [4.69, 9.17) is 13.9 Å². The molecule has 8 nitrogen and oxygen atoms in total. The molecular weight excluding hydrogens is 536 g/mol. The fraction of sp³-hybridized carbons (Fsp3) is 0.176. The van der Waals surface area contributed by atoms with Crippen molar-refractivity contribution < 1.29 is 39.4 Å². The molecule has 4 aromatic carbocycles. The van der Waals surface area contributed by atoms with Crippen molar-refractivity contribution in [2.45, 2.75) is 31.0 Å². The Labute approximate surface area is 239 Å². The van der Waals surface area contributed by atoms with E-state index in [9.17, 15) is 25.5 Å². The summed E-state index contributed by atoms with van der Waals surface area (Å²) in [7, 11) is 0. The highest BCUT2D eigenvalue weighted by Crippen LogP contribution is 2.65. The molecule has 4 atom stereocenters. The first-order chi connectivity index (χ1) is 20.2. The molecule has 8 heteroatoms. The van der Waals surface area contributed by atoms with Gasteiger partial charge in [-0.15, -0.1) is 0 Å². The van der Waals surface area contributed by atoms with E-state index < -0.39 is 11.7 Å². The number of benzene rings is 4. The number of aromatic hydroxyl groups is 5. The molecule has 0 unspecified atom stereocenters. The van der Waals surface area contributed by atoms with Gasteiger partial charge in [-0.1, -0.05) is 17.7 Å². The molecule has 5 N–H and O–H groups in total. The van der Waals surface area contributed by atoms with Crippen LogP contribution in [0.4, 0.5) is 0 Å². The molecule has 2 aliphatic heterocycles. The number of ether oxygens (including phenoxy) is 2. The van der Waals surface area contributed by atoms with E-state index in [0.717, 1.165) is 16.5 Å². The van der Waals surface area contributed by atoms with Crippen molar-refractivity contribution >= 4 is 11.0 Å². The zero-order chi connectivity index (χ0) is 28.9. The molecule has 0 saturated carbocycles. The average Bonchev–Trinajstić information content (AvgIpc) is 3.35. The van der Waals surface area contributed by atoms with Crippen molar-refractivity contribution in [3.05, 3.63) is 101 Å². The first kappa shape index (κ1) is 24.5. The zero-order valence-electron chi connectivity index (χ0n) is 22.4. The van der Waals surface area contributed by atoms with E-state index in [0.29, 0.717) is 46.0 Å². The van der Waals surface area contributed by atoms with Gasteiger partial charge in [0.2, 0.25) is 0 Å². The first-order valence-corrected chi connectivity index (χ1v) is 13.7. The van der Waals surface area contributed by atoms with Crippen LogP contribution in [0.1, 0.15) is 41.9 Å². The second kappa shape index (κ2) is 8.39. The molecule has 0 radical (unpaired) electrons. The summed E-state index contributed by atoms with van der Waals surface area (Å²) in [5, 5.41) is 53.9. The minimum absolute atomic E-state index is 0.0283. The summed E-state index contributed by atoms with van der Waals surface area (Å²) in [4.78, 5) is 0. The molecule has 1 aromatic heterocycles. The van der Waals surface area contributed by atoms with Gasteiger partial charge in [-0.25, -0.2) is 0 Å². The van der Waals surface area contributed by atoms with Crippen molar-refractivity contribution in [1.29, 1.82) is 0 Å². The lowest BCUT2D eigenvalue weighted by molar-refractivity contribution is -0.198. The second-order valence-corrected chi connectivity index (χ2v) is 11.4. The molecule has 5 aromatic rings. The topological polar surface area (TPSA) is 133 Å². The molecule has 0 bridgehead atoms. The van der Waals surface area contributed by atoms with Gasteiger partial charge < -0.3 is 39.4 Å². The molecule has 8 rings (SSSR count). The monoisotopic (exact) mass is 562 g/mol. The molecule has 3 heterocycles. The highest BCUT2D eigenvalue weighted by atomic mass is 16.7. The molecule has 0 saturated heterocycles. The van der Waals surface area contributed by atoms with E-state index in [1.165, 1.54) is 18.2 Å². The van der Waals surface area contributed by atoms with Crippen molar-refractivity contribution in [3.63, 3.8) is 0 Å². The Hall–Kier alpha value is -5.24. The average molecular weight is 563 g/mol. The normalized spacial score (nSPS) is 23.6. The van der Waals surface area contributed by atoms with Crippen molar-refractivity contribution in [3.8, 4) is 51.6 Å². The van der Waals surface area contributed by atoms with Crippen LogP contribution in [0.2, 0.25) is 0 Å². The number of phenols is 5. The van der Waals surface area contributed by atoms with Gasteiger partial charge in [0.1, 0.15) is 51.6 Å². The standard InChI is InChI=1S/C34H26O8/c1-16-8-23-22-6-4-21(37)15-30(22)41-34(25-7-5-19(35)13-26(25)38)33(23)24(9-16)32-27(39)10-18(12-31(32)42-34)28-11-17-2-3-20(36)14-29(17)40-28/h2-7,9-15,23-24,33,35-39H,8H2,1H3/t23-,24-,33-,34-/m0/s1. The van der Waals surface area contributed by atoms with E-state index in [2.05, 4.69) is 13.0 Å². The first-order valence-electron chi connectivity index (χ1n) is 13.7. The predicted octanol–water partition coefficient (Wildman–Crippen LogP) is 7.10.